The van der Waals surface area contributed by atoms with Crippen molar-refractivity contribution in [3.63, 3.8) is 0 Å². The highest BCUT2D eigenvalue weighted by atomic mass is 35.5. The molecule has 6 rings (SSSR count). The van der Waals surface area contributed by atoms with Crippen molar-refractivity contribution in [3.8, 4) is 5.75 Å². The van der Waals surface area contributed by atoms with Gasteiger partial charge in [0.05, 0.1) is 22.6 Å². The minimum atomic E-state index is -1.07. The Kier molecular flexibility index (Phi) is 4.65. The number of carbonyl (C=O) groups is 2. The van der Waals surface area contributed by atoms with Crippen molar-refractivity contribution in [3.05, 3.63) is 100 Å². The molecule has 1 aliphatic heterocycles. The molecule has 2 aromatic heterocycles. The number of hydrogen-bond donors (Lipinski definition) is 3. The molecule has 3 heterocycles. The van der Waals surface area contributed by atoms with Crippen molar-refractivity contribution in [2.24, 2.45) is 0 Å². The number of furan rings is 1. The van der Waals surface area contributed by atoms with Crippen LogP contribution in [0.1, 0.15) is 22.2 Å². The Labute approximate surface area is 202 Å². The zero-order valence-electron chi connectivity index (χ0n) is 17.9. The van der Waals surface area contributed by atoms with E-state index in [1.54, 1.807) is 42.5 Å². The number of amides is 1. The molecule has 1 aliphatic rings. The first-order valence-electron chi connectivity index (χ1n) is 10.6. The van der Waals surface area contributed by atoms with E-state index in [2.05, 4.69) is 9.97 Å². The Hall–Kier alpha value is -4.56. The van der Waals surface area contributed by atoms with E-state index in [9.17, 15) is 19.8 Å². The molecular weight excluding hydrogens is 470 g/mol. The molecule has 3 aromatic carbocycles. The molecule has 1 unspecified atom stereocenters. The molecule has 3 N–H and O–H groups in total. The van der Waals surface area contributed by atoms with Gasteiger partial charge in [-0.05, 0) is 54.1 Å². The molecule has 0 fully saturated rings. The molecule has 0 bridgehead atoms. The second-order valence-corrected chi connectivity index (χ2v) is 8.57. The number of para-hydroxylation sites is 2. The summed E-state index contributed by atoms with van der Waals surface area (Å²) in [5, 5.41) is 22.1. The topological polar surface area (TPSA) is 120 Å². The number of carbonyl (C=O) groups excluding carboxylic acids is 2. The summed E-state index contributed by atoms with van der Waals surface area (Å²) in [5.74, 6) is -2.17. The molecule has 1 atom stereocenters. The van der Waals surface area contributed by atoms with Gasteiger partial charge in [0, 0.05) is 10.4 Å². The molecule has 1 amide bonds. The zero-order chi connectivity index (χ0) is 24.3. The van der Waals surface area contributed by atoms with Crippen LogP contribution in [0.2, 0.25) is 5.02 Å². The van der Waals surface area contributed by atoms with E-state index in [0.29, 0.717) is 32.6 Å². The molecule has 35 heavy (non-hydrogen) atoms. The molecule has 5 aromatic rings. The Morgan fingerprint density at radius 3 is 2.66 bits per heavy atom. The number of ketones is 1. The van der Waals surface area contributed by atoms with Gasteiger partial charge in [0.15, 0.2) is 11.5 Å². The summed E-state index contributed by atoms with van der Waals surface area (Å²) < 4.78 is 5.72. The number of aliphatic hydroxyl groups is 1. The van der Waals surface area contributed by atoms with Crippen LogP contribution < -0.4 is 4.90 Å². The van der Waals surface area contributed by atoms with E-state index in [-0.39, 0.29) is 23.0 Å². The lowest BCUT2D eigenvalue weighted by molar-refractivity contribution is -0.117. The van der Waals surface area contributed by atoms with Crippen molar-refractivity contribution in [1.82, 2.24) is 9.97 Å². The maximum atomic E-state index is 13.7. The monoisotopic (exact) mass is 485 g/mol. The summed E-state index contributed by atoms with van der Waals surface area (Å²) in [5.41, 5.74) is 1.94. The van der Waals surface area contributed by atoms with Gasteiger partial charge in [-0.2, -0.15) is 0 Å². The van der Waals surface area contributed by atoms with Gasteiger partial charge in [-0.3, -0.25) is 14.5 Å². The number of aliphatic hydroxyl groups excluding tert-OH is 1. The molecular formula is C26H16ClN3O5. The van der Waals surface area contributed by atoms with Crippen LogP contribution in [0.15, 0.2) is 88.5 Å². The van der Waals surface area contributed by atoms with E-state index in [4.69, 9.17) is 16.0 Å². The number of rotatable bonds is 4. The number of aromatic nitrogens is 2. The average Bonchev–Trinajstić information content (AvgIpc) is 3.52. The first-order valence-corrected chi connectivity index (χ1v) is 11.0. The van der Waals surface area contributed by atoms with E-state index in [0.717, 1.165) is 0 Å². The van der Waals surface area contributed by atoms with Gasteiger partial charge in [0.25, 0.3) is 5.91 Å². The van der Waals surface area contributed by atoms with E-state index in [1.807, 2.05) is 12.1 Å². The predicted octanol–water partition coefficient (Wildman–Crippen LogP) is 5.45. The van der Waals surface area contributed by atoms with Crippen LogP contribution in [0.3, 0.4) is 0 Å². The van der Waals surface area contributed by atoms with Gasteiger partial charge < -0.3 is 19.6 Å². The van der Waals surface area contributed by atoms with Crippen LogP contribution in [0.5, 0.6) is 5.75 Å². The third-order valence-corrected chi connectivity index (χ3v) is 6.18. The molecule has 172 valence electrons. The minimum Gasteiger partial charge on any atom is -0.508 e. The van der Waals surface area contributed by atoms with Gasteiger partial charge in [-0.1, -0.05) is 35.9 Å². The number of Topliss-reactive ketones (excluding diaryl/α,β-unsaturated/α-hetero) is 1. The SMILES string of the molecule is O=C(C1=C(O)C(=O)N(c2nc3ccccc3[nH]2)C1c1cccc(O)c1)c1cc2cc(Cl)ccc2o1. The first-order chi connectivity index (χ1) is 16.9. The molecule has 0 radical (unpaired) electrons. The number of imidazole rings is 1. The van der Waals surface area contributed by atoms with Gasteiger partial charge in [0.2, 0.25) is 11.7 Å². The second kappa shape index (κ2) is 7.75. The number of benzene rings is 3. The minimum absolute atomic E-state index is 0.0592. The van der Waals surface area contributed by atoms with Crippen molar-refractivity contribution in [2.75, 3.05) is 4.90 Å². The summed E-state index contributed by atoms with van der Waals surface area (Å²) in [4.78, 5) is 35.7. The number of anilines is 1. The number of phenolic OH excluding ortho intramolecular Hbond substituents is 1. The van der Waals surface area contributed by atoms with Gasteiger partial charge in [-0.15, -0.1) is 0 Å². The van der Waals surface area contributed by atoms with Gasteiger partial charge in [0.1, 0.15) is 11.3 Å². The van der Waals surface area contributed by atoms with Crippen LogP contribution in [-0.2, 0) is 4.79 Å². The van der Waals surface area contributed by atoms with Crippen LogP contribution >= 0.6 is 11.6 Å². The molecule has 0 saturated heterocycles. The predicted molar refractivity (Wildman–Crippen MR) is 130 cm³/mol. The van der Waals surface area contributed by atoms with Crippen molar-refractivity contribution < 1.29 is 24.2 Å². The highest BCUT2D eigenvalue weighted by Gasteiger charge is 2.46. The quantitative estimate of drug-likeness (QED) is 0.291. The normalized spacial score (nSPS) is 16.1. The third kappa shape index (κ3) is 3.34. The smallest absolute Gasteiger partial charge is 0.296 e. The van der Waals surface area contributed by atoms with Crippen LogP contribution in [0, 0.1) is 0 Å². The fraction of sp³-hybridized carbons (Fsp3) is 0.0385. The number of fused-ring (bicyclic) bond motifs is 2. The highest BCUT2D eigenvalue weighted by molar-refractivity contribution is 6.31. The summed E-state index contributed by atoms with van der Waals surface area (Å²) in [7, 11) is 0. The number of phenols is 1. The summed E-state index contributed by atoms with van der Waals surface area (Å²) in [6.07, 6.45) is 0. The van der Waals surface area contributed by atoms with E-state index in [1.165, 1.54) is 23.1 Å². The number of halogens is 1. The Bertz CT molecular complexity index is 1670. The summed E-state index contributed by atoms with van der Waals surface area (Å²) in [6, 6.07) is 18.7. The molecule has 0 spiro atoms. The molecule has 0 aliphatic carbocycles. The summed E-state index contributed by atoms with van der Waals surface area (Å²) in [6.45, 7) is 0. The maximum absolute atomic E-state index is 13.7. The molecule has 0 saturated carbocycles. The van der Waals surface area contributed by atoms with Crippen molar-refractivity contribution in [1.29, 1.82) is 0 Å². The zero-order valence-corrected chi connectivity index (χ0v) is 18.7. The number of aromatic hydroxyl groups is 1. The lowest BCUT2D eigenvalue weighted by Crippen LogP contribution is -2.32. The second-order valence-electron chi connectivity index (χ2n) is 8.13. The first kappa shape index (κ1) is 21.0. The molecule has 8 nitrogen and oxygen atoms in total. The number of H-pyrrole nitrogens is 1. The lowest BCUT2D eigenvalue weighted by Gasteiger charge is -2.24. The van der Waals surface area contributed by atoms with Crippen molar-refractivity contribution >= 4 is 51.2 Å². The van der Waals surface area contributed by atoms with Gasteiger partial charge >= 0.3 is 0 Å². The maximum Gasteiger partial charge on any atom is 0.296 e. The summed E-state index contributed by atoms with van der Waals surface area (Å²) >= 11 is 6.05. The number of hydrogen-bond acceptors (Lipinski definition) is 6. The fourth-order valence-corrected chi connectivity index (χ4v) is 4.56. The fourth-order valence-electron chi connectivity index (χ4n) is 4.38. The van der Waals surface area contributed by atoms with Crippen molar-refractivity contribution in [2.45, 2.75) is 6.04 Å². The van der Waals surface area contributed by atoms with Gasteiger partial charge in [-0.25, -0.2) is 4.98 Å². The Morgan fingerprint density at radius 1 is 1.03 bits per heavy atom. The largest absolute Gasteiger partial charge is 0.508 e. The van der Waals surface area contributed by atoms with Crippen LogP contribution in [0.25, 0.3) is 22.0 Å². The van der Waals surface area contributed by atoms with E-state index < -0.39 is 23.5 Å². The lowest BCUT2D eigenvalue weighted by atomic mass is 9.95. The molecule has 9 heteroatoms. The van der Waals surface area contributed by atoms with E-state index >= 15 is 0 Å². The average molecular weight is 486 g/mol. The highest BCUT2D eigenvalue weighted by Crippen LogP contribution is 2.42. The Morgan fingerprint density at radius 2 is 1.86 bits per heavy atom. The number of nitrogens with one attached hydrogen (secondary N) is 1. The third-order valence-electron chi connectivity index (χ3n) is 5.95. The Balaban J connectivity index is 1.52. The van der Waals surface area contributed by atoms with Crippen LogP contribution in [0.4, 0.5) is 5.95 Å². The number of aromatic amines is 1. The standard InChI is InChI=1S/C26H16ClN3O5/c27-15-8-9-19-14(10-15)12-20(35-19)23(32)21-22(13-4-3-5-16(31)11-13)30(25(34)24(21)33)26-28-17-6-1-2-7-18(17)29-26/h1-12,22,31,33H,(H,28,29). The van der Waals surface area contributed by atoms with Crippen LogP contribution in [-0.4, -0.2) is 31.9 Å². The number of nitrogens with zero attached hydrogens (tertiary/aromatic N) is 2.